The Kier molecular flexibility index (Phi) is 6.11. The van der Waals surface area contributed by atoms with Crippen LogP contribution >= 0.6 is 0 Å². The van der Waals surface area contributed by atoms with Gasteiger partial charge >= 0.3 is 6.03 Å². The first-order chi connectivity index (χ1) is 14.9. The molecule has 8 heteroatoms. The minimum absolute atomic E-state index is 0.00440. The van der Waals surface area contributed by atoms with E-state index in [1.807, 2.05) is 30.3 Å². The first-order valence-corrected chi connectivity index (χ1v) is 12.0. The molecule has 2 aliphatic rings. The molecule has 2 aromatic rings. The maximum absolute atomic E-state index is 12.9. The molecule has 1 atom stereocenters. The van der Waals surface area contributed by atoms with Gasteiger partial charge < -0.3 is 10.2 Å². The molecule has 0 aromatic heterocycles. The van der Waals surface area contributed by atoms with Gasteiger partial charge in [-0.1, -0.05) is 42.5 Å². The fourth-order valence-corrected chi connectivity index (χ4v) is 5.35. The smallest absolute Gasteiger partial charge is 0.317 e. The van der Waals surface area contributed by atoms with Crippen molar-refractivity contribution in [2.75, 3.05) is 26.2 Å². The van der Waals surface area contributed by atoms with Gasteiger partial charge in [0.15, 0.2) is 5.78 Å². The molecule has 1 saturated carbocycles. The zero-order valence-corrected chi connectivity index (χ0v) is 18.3. The first kappa shape index (κ1) is 21.5. The zero-order chi connectivity index (χ0) is 22.0. The van der Waals surface area contributed by atoms with Crippen LogP contribution in [0.15, 0.2) is 59.5 Å². The van der Waals surface area contributed by atoms with Crippen LogP contribution in [0.1, 0.15) is 41.7 Å². The summed E-state index contributed by atoms with van der Waals surface area (Å²) in [5.41, 5.74) is 1.58. The summed E-state index contributed by atoms with van der Waals surface area (Å²) in [7, 11) is -3.66. The van der Waals surface area contributed by atoms with E-state index >= 15 is 0 Å². The van der Waals surface area contributed by atoms with Crippen molar-refractivity contribution in [1.82, 2.24) is 14.5 Å². The van der Waals surface area contributed by atoms with Gasteiger partial charge in [-0.05, 0) is 43.4 Å². The number of nitrogens with one attached hydrogen (secondary N) is 1. The van der Waals surface area contributed by atoms with Crippen LogP contribution in [-0.4, -0.2) is 55.6 Å². The molecular weight excluding hydrogens is 414 g/mol. The Hall–Kier alpha value is -2.71. The summed E-state index contributed by atoms with van der Waals surface area (Å²) in [6.07, 6.45) is 2.21. The van der Waals surface area contributed by atoms with Gasteiger partial charge in [0.2, 0.25) is 10.0 Å². The van der Waals surface area contributed by atoms with Gasteiger partial charge in [0, 0.05) is 31.7 Å². The van der Waals surface area contributed by atoms with E-state index in [9.17, 15) is 18.0 Å². The van der Waals surface area contributed by atoms with Gasteiger partial charge in [0.1, 0.15) is 0 Å². The third-order valence-corrected chi connectivity index (χ3v) is 7.87. The van der Waals surface area contributed by atoms with Gasteiger partial charge in [-0.3, -0.25) is 4.79 Å². The Labute approximate surface area is 183 Å². The monoisotopic (exact) mass is 441 g/mol. The molecule has 0 radical (unpaired) electrons. The number of rotatable bonds is 6. The molecule has 2 aromatic carbocycles. The number of nitrogens with zero attached hydrogens (tertiary/aromatic N) is 2. The highest BCUT2D eigenvalue weighted by molar-refractivity contribution is 7.89. The molecule has 2 fully saturated rings. The number of urea groups is 1. The summed E-state index contributed by atoms with van der Waals surface area (Å²) in [6.45, 7) is 2.60. The van der Waals surface area contributed by atoms with Crippen LogP contribution in [0, 0.1) is 5.92 Å². The summed E-state index contributed by atoms with van der Waals surface area (Å²) in [5.74, 6) is 0.356. The number of ketones is 1. The molecule has 1 aliphatic heterocycles. The van der Waals surface area contributed by atoms with Crippen LogP contribution in [0.2, 0.25) is 0 Å². The number of amides is 2. The number of hydrogen-bond acceptors (Lipinski definition) is 4. The lowest BCUT2D eigenvalue weighted by atomic mass is 10.0. The number of carbonyl (C=O) groups excluding carboxylic acids is 2. The van der Waals surface area contributed by atoms with E-state index in [4.69, 9.17) is 0 Å². The van der Waals surface area contributed by atoms with Crippen molar-refractivity contribution in [2.24, 2.45) is 5.92 Å². The van der Waals surface area contributed by atoms with Crippen molar-refractivity contribution in [3.63, 3.8) is 0 Å². The lowest BCUT2D eigenvalue weighted by Crippen LogP contribution is -2.53. The standard InChI is InChI=1S/C23H27N3O4S/c1-17(27)18-9-11-21(12-10-18)31(29,30)26-15-13-25(14-16-26)23(28)24-22(20-7-8-20)19-5-3-2-4-6-19/h2-6,9-12,20,22H,7-8,13-16H2,1H3,(H,24,28)/t22-/m1/s1. The summed E-state index contributed by atoms with van der Waals surface area (Å²) < 4.78 is 27.3. The Bertz CT molecular complexity index is 1040. The Morgan fingerprint density at radius 2 is 1.55 bits per heavy atom. The molecule has 0 spiro atoms. The fourth-order valence-electron chi connectivity index (χ4n) is 3.93. The Balaban J connectivity index is 1.37. The second-order valence-electron chi connectivity index (χ2n) is 8.15. The second-order valence-corrected chi connectivity index (χ2v) is 10.1. The molecule has 0 unspecified atom stereocenters. The maximum Gasteiger partial charge on any atom is 0.317 e. The number of benzene rings is 2. The first-order valence-electron chi connectivity index (χ1n) is 10.6. The van der Waals surface area contributed by atoms with E-state index in [2.05, 4.69) is 5.32 Å². The predicted molar refractivity (Wildman–Crippen MR) is 117 cm³/mol. The average molecular weight is 442 g/mol. The highest BCUT2D eigenvalue weighted by atomic mass is 32.2. The van der Waals surface area contributed by atoms with Crippen molar-refractivity contribution < 1.29 is 18.0 Å². The molecule has 1 saturated heterocycles. The molecule has 1 aliphatic carbocycles. The zero-order valence-electron chi connectivity index (χ0n) is 17.5. The third-order valence-electron chi connectivity index (χ3n) is 5.96. The van der Waals surface area contributed by atoms with E-state index in [-0.39, 0.29) is 35.8 Å². The van der Waals surface area contributed by atoms with Crippen molar-refractivity contribution >= 4 is 21.8 Å². The van der Waals surface area contributed by atoms with Crippen LogP contribution in [0.4, 0.5) is 4.79 Å². The van der Waals surface area contributed by atoms with Crippen molar-refractivity contribution in [3.8, 4) is 0 Å². The molecule has 0 bridgehead atoms. The normalized spacial score (nSPS) is 18.4. The van der Waals surface area contributed by atoms with Gasteiger partial charge in [0.05, 0.1) is 10.9 Å². The summed E-state index contributed by atoms with van der Waals surface area (Å²) in [4.78, 5) is 26.1. The molecule has 1 heterocycles. The van der Waals surface area contributed by atoms with E-state index in [0.29, 0.717) is 24.6 Å². The molecular formula is C23H27N3O4S. The molecule has 1 N–H and O–H groups in total. The molecule has 4 rings (SSSR count). The summed E-state index contributed by atoms with van der Waals surface area (Å²) in [6, 6.07) is 15.8. The van der Waals surface area contributed by atoms with Gasteiger partial charge in [-0.15, -0.1) is 0 Å². The van der Waals surface area contributed by atoms with Crippen molar-refractivity contribution in [1.29, 1.82) is 0 Å². The largest absolute Gasteiger partial charge is 0.331 e. The Morgan fingerprint density at radius 3 is 2.10 bits per heavy atom. The number of Topliss-reactive ketones (excluding diaryl/α,β-unsaturated/α-hetero) is 1. The van der Waals surface area contributed by atoms with Crippen LogP contribution in [0.5, 0.6) is 0 Å². The van der Waals surface area contributed by atoms with Gasteiger partial charge in [-0.2, -0.15) is 4.31 Å². The van der Waals surface area contributed by atoms with Gasteiger partial charge in [-0.25, -0.2) is 13.2 Å². The topological polar surface area (TPSA) is 86.8 Å². The number of sulfonamides is 1. The lowest BCUT2D eigenvalue weighted by Gasteiger charge is -2.35. The number of piperazine rings is 1. The summed E-state index contributed by atoms with van der Waals surface area (Å²) in [5, 5.41) is 3.15. The van der Waals surface area contributed by atoms with Crippen LogP contribution in [0.3, 0.4) is 0 Å². The van der Waals surface area contributed by atoms with Crippen LogP contribution in [0.25, 0.3) is 0 Å². The van der Waals surface area contributed by atoms with Crippen LogP contribution in [-0.2, 0) is 10.0 Å². The minimum atomic E-state index is -3.66. The lowest BCUT2D eigenvalue weighted by molar-refractivity contribution is 0.101. The molecule has 2 amide bonds. The Morgan fingerprint density at radius 1 is 0.935 bits per heavy atom. The maximum atomic E-state index is 12.9. The van der Waals surface area contributed by atoms with Crippen molar-refractivity contribution in [2.45, 2.75) is 30.7 Å². The number of hydrogen-bond donors (Lipinski definition) is 1. The minimum Gasteiger partial charge on any atom is -0.331 e. The van der Waals surface area contributed by atoms with E-state index in [0.717, 1.165) is 18.4 Å². The SMILES string of the molecule is CC(=O)c1ccc(S(=O)(=O)N2CCN(C(=O)N[C@H](c3ccccc3)C3CC3)CC2)cc1. The predicted octanol–water partition coefficient (Wildman–Crippen LogP) is 3.06. The molecule has 7 nitrogen and oxygen atoms in total. The highest BCUT2D eigenvalue weighted by Gasteiger charge is 2.35. The quantitative estimate of drug-likeness (QED) is 0.698. The second kappa shape index (κ2) is 8.80. The van der Waals surface area contributed by atoms with E-state index < -0.39 is 10.0 Å². The highest BCUT2D eigenvalue weighted by Crippen LogP contribution is 2.41. The van der Waals surface area contributed by atoms with Gasteiger partial charge in [0.25, 0.3) is 0 Å². The molecule has 31 heavy (non-hydrogen) atoms. The summed E-state index contributed by atoms with van der Waals surface area (Å²) >= 11 is 0. The average Bonchev–Trinajstić information content (AvgIpc) is 3.63. The van der Waals surface area contributed by atoms with E-state index in [1.54, 1.807) is 4.90 Å². The number of carbonyl (C=O) groups is 2. The molecule has 164 valence electrons. The van der Waals surface area contributed by atoms with Crippen LogP contribution < -0.4 is 5.32 Å². The van der Waals surface area contributed by atoms with Crippen molar-refractivity contribution in [3.05, 3.63) is 65.7 Å². The fraction of sp³-hybridized carbons (Fsp3) is 0.391. The third kappa shape index (κ3) is 4.80. The van der Waals surface area contributed by atoms with E-state index in [1.165, 1.54) is 35.5 Å².